The van der Waals surface area contributed by atoms with E-state index in [0.717, 1.165) is 50.7 Å². The molecule has 74 heavy (non-hydrogen) atoms. The highest BCUT2D eigenvalue weighted by atomic mass is 19.1. The van der Waals surface area contributed by atoms with Gasteiger partial charge in [-0.05, 0) is 129 Å². The van der Waals surface area contributed by atoms with E-state index in [1.165, 1.54) is 89.5 Å². The van der Waals surface area contributed by atoms with Crippen molar-refractivity contribution < 1.29 is 32.6 Å². The second-order valence-electron chi connectivity index (χ2n) is 21.1. The zero-order chi connectivity index (χ0) is 53.1. The number of fused-ring (bicyclic) bond motifs is 3. The molecule has 0 saturated carbocycles. The van der Waals surface area contributed by atoms with Crippen molar-refractivity contribution >= 4 is 39.7 Å². The Kier molecular flexibility index (Phi) is 19.3. The number of allylic oxidation sites excluding steroid dienone is 3. The number of anilines is 1. The smallest absolute Gasteiger partial charge is 0.410 e. The minimum atomic E-state index is -0.702. The number of rotatable bonds is 11. The van der Waals surface area contributed by atoms with E-state index in [2.05, 4.69) is 57.2 Å². The molecule has 2 aromatic carbocycles. The van der Waals surface area contributed by atoms with Crippen LogP contribution in [0.25, 0.3) is 32.9 Å². The largest absolute Gasteiger partial charge is 0.467 e. The van der Waals surface area contributed by atoms with E-state index in [0.29, 0.717) is 65.9 Å². The third-order valence-electron chi connectivity index (χ3n) is 15.4. The Morgan fingerprint density at radius 2 is 1.66 bits per heavy atom. The quantitative estimate of drug-likeness (QED) is 0.106. The summed E-state index contributed by atoms with van der Waals surface area (Å²) in [4.78, 5) is 49.9. The number of nitrogens with zero attached hydrogens (tertiary/aromatic N) is 8. The lowest BCUT2D eigenvalue weighted by Gasteiger charge is -2.42. The van der Waals surface area contributed by atoms with Crippen LogP contribution in [0.15, 0.2) is 60.8 Å². The average Bonchev–Trinajstić information content (AvgIpc) is 4.05. The highest BCUT2D eigenvalue weighted by molar-refractivity contribution is 6.02. The molecule has 0 N–H and O–H groups in total. The Morgan fingerprint density at radius 1 is 0.905 bits per heavy atom. The van der Waals surface area contributed by atoms with Crippen LogP contribution in [-0.2, 0) is 9.47 Å². The number of pyridine rings is 1. The van der Waals surface area contributed by atoms with Crippen molar-refractivity contribution in [2.24, 2.45) is 5.92 Å². The fraction of sp³-hybridized carbons (Fsp3) is 0.576. The molecule has 0 bridgehead atoms. The summed E-state index contributed by atoms with van der Waals surface area (Å²) in [5.41, 5.74) is 1.17. The Hall–Kier alpha value is -5.85. The number of benzene rings is 2. The number of amides is 2. The van der Waals surface area contributed by atoms with Crippen LogP contribution in [-0.4, -0.2) is 143 Å². The summed E-state index contributed by atoms with van der Waals surface area (Å²) < 4.78 is 47.8. The van der Waals surface area contributed by atoms with E-state index in [4.69, 9.17) is 20.6 Å². The van der Waals surface area contributed by atoms with Crippen molar-refractivity contribution in [3.8, 4) is 29.6 Å². The van der Waals surface area contributed by atoms with Crippen LogP contribution in [0.3, 0.4) is 0 Å². The van der Waals surface area contributed by atoms with E-state index in [-0.39, 0.29) is 41.0 Å². The first-order valence-electron chi connectivity index (χ1n) is 27.3. The summed E-state index contributed by atoms with van der Waals surface area (Å²) in [6.07, 6.45) is 23.6. The van der Waals surface area contributed by atoms with Crippen LogP contribution in [0.1, 0.15) is 125 Å². The Labute approximate surface area is 438 Å². The number of carbonyl (C=O) groups is 2. The van der Waals surface area contributed by atoms with E-state index in [1.54, 1.807) is 29.2 Å². The first-order chi connectivity index (χ1) is 35.7. The van der Waals surface area contributed by atoms with E-state index >= 15 is 4.39 Å². The van der Waals surface area contributed by atoms with E-state index < -0.39 is 17.2 Å². The topological polar surface area (TPSA) is 117 Å². The first-order valence-corrected chi connectivity index (χ1v) is 27.3. The molecule has 0 spiro atoms. The third-order valence-corrected chi connectivity index (χ3v) is 15.4. The molecule has 5 fully saturated rings. The van der Waals surface area contributed by atoms with Crippen LogP contribution in [0.4, 0.5) is 24.2 Å². The van der Waals surface area contributed by atoms with Crippen LogP contribution in [0.2, 0.25) is 0 Å². The third kappa shape index (κ3) is 13.0. The molecule has 2 amide bonds. The van der Waals surface area contributed by atoms with Gasteiger partial charge in [-0.1, -0.05) is 81.7 Å². The number of ether oxygens (including phenoxy) is 3. The number of piperazine rings is 1. The first kappa shape index (κ1) is 55.9. The average molecular weight is 1020 g/mol. The van der Waals surface area contributed by atoms with Crippen LogP contribution in [0, 0.1) is 29.9 Å². The fourth-order valence-electron chi connectivity index (χ4n) is 11.6. The maximum atomic E-state index is 16.4. The van der Waals surface area contributed by atoms with Crippen molar-refractivity contribution in [1.82, 2.24) is 34.6 Å². The summed E-state index contributed by atoms with van der Waals surface area (Å²) in [6.45, 7) is 24.8. The molecule has 15 heteroatoms. The van der Waals surface area contributed by atoms with Gasteiger partial charge in [-0.3, -0.25) is 9.88 Å². The standard InChI is InChI=1S/C32H33F2N5O3.C25H41N3O2.C2H6/c1-7-10-20-18-38(15-16-39(20)31(40)42-32(3,4)5)29-23-17-35-27(26(34)28(23)36-30(37-29)41-6)22-12-9-11-19-13-14-24(33)21(8-2)25(19)22;1-3-20(4-2)18-21-9-14-26(15-10-21)22-11-16-27(17-12-22)25(29)30-19-24-8-7-23-6-5-13-28(23)24;1-2/h2,9,11-14,17,20H,7,10,15-16,18H2,1,3-6H3;3-4,21-24H,1,5-19H2,2H3;1-2H3/b;20-4-;. The molecule has 5 aliphatic rings. The van der Waals surface area contributed by atoms with Crippen molar-refractivity contribution in [2.75, 3.05) is 71.0 Å². The molecule has 0 radical (unpaired) electrons. The lowest BCUT2D eigenvalue weighted by molar-refractivity contribution is 0.0130. The van der Waals surface area contributed by atoms with Gasteiger partial charge in [0.1, 0.15) is 35.1 Å². The van der Waals surface area contributed by atoms with Crippen molar-refractivity contribution in [2.45, 2.75) is 149 Å². The molecule has 2 aromatic heterocycles. The van der Waals surface area contributed by atoms with Crippen LogP contribution < -0.4 is 9.64 Å². The lowest BCUT2D eigenvalue weighted by Crippen LogP contribution is -2.56. The number of carbonyl (C=O) groups excluding carboxylic acids is 2. The van der Waals surface area contributed by atoms with Gasteiger partial charge in [-0.25, -0.2) is 18.4 Å². The van der Waals surface area contributed by atoms with Gasteiger partial charge in [0, 0.05) is 68.0 Å². The van der Waals surface area contributed by atoms with Crippen molar-refractivity contribution in [3.63, 3.8) is 0 Å². The molecule has 13 nitrogen and oxygen atoms in total. The highest BCUT2D eigenvalue weighted by Gasteiger charge is 2.38. The molecular formula is C59H80F2N8O5. The number of piperidine rings is 2. The molecule has 5 saturated heterocycles. The molecule has 7 heterocycles. The fourth-order valence-corrected chi connectivity index (χ4v) is 11.6. The van der Waals surface area contributed by atoms with Crippen LogP contribution >= 0.6 is 0 Å². The Balaban J connectivity index is 0.000000220. The molecule has 3 unspecified atom stereocenters. The van der Waals surface area contributed by atoms with Crippen LogP contribution in [0.5, 0.6) is 6.01 Å². The number of hydrogen-bond acceptors (Lipinski definition) is 11. The minimum Gasteiger partial charge on any atom is -0.467 e. The maximum Gasteiger partial charge on any atom is 0.410 e. The van der Waals surface area contributed by atoms with Crippen molar-refractivity contribution in [1.29, 1.82) is 0 Å². The van der Waals surface area contributed by atoms with Crippen molar-refractivity contribution in [3.05, 3.63) is 78.0 Å². The van der Waals surface area contributed by atoms with Gasteiger partial charge in [0.05, 0.1) is 24.1 Å². The summed E-state index contributed by atoms with van der Waals surface area (Å²) in [5, 5.41) is 1.45. The Bertz CT molecular complexity index is 2650. The SMILES string of the molecule is C#Cc1c(F)ccc2cccc(-c3ncc4c(N5CCN(C(=O)OC(C)(C)C)C(CCC)C5)nc(OC)nc4c3F)c12.C=C/C(=C/C)CC1CCN(C2CCN(C(=O)OCC3CCC4CCCN43)CC2)CC1.CC. The number of hydrogen-bond donors (Lipinski definition) is 0. The number of likely N-dealkylation sites (tertiary alicyclic amines) is 2. The number of methoxy groups -OCH3 is 1. The minimum absolute atomic E-state index is 0.0107. The molecular weight excluding hydrogens is 939 g/mol. The lowest BCUT2D eigenvalue weighted by atomic mass is 9.88. The monoisotopic (exact) mass is 1020 g/mol. The number of terminal acetylenes is 1. The van der Waals surface area contributed by atoms with Gasteiger partial charge in [0.2, 0.25) is 0 Å². The normalized spacial score (nSPS) is 21.1. The van der Waals surface area contributed by atoms with Gasteiger partial charge >= 0.3 is 18.2 Å². The van der Waals surface area contributed by atoms with Gasteiger partial charge in [-0.2, -0.15) is 9.97 Å². The summed E-state index contributed by atoms with van der Waals surface area (Å²) >= 11 is 0. The van der Waals surface area contributed by atoms with Gasteiger partial charge in [0.25, 0.3) is 0 Å². The maximum absolute atomic E-state index is 16.4. The van der Waals surface area contributed by atoms with Gasteiger partial charge < -0.3 is 33.8 Å². The van der Waals surface area contributed by atoms with E-state index in [9.17, 15) is 14.0 Å². The molecule has 3 atom stereocenters. The van der Waals surface area contributed by atoms with E-state index in [1.807, 2.05) is 50.5 Å². The number of aromatic nitrogens is 3. The highest BCUT2D eigenvalue weighted by Crippen LogP contribution is 2.38. The zero-order valence-electron chi connectivity index (χ0n) is 45.3. The second kappa shape index (κ2) is 25.6. The molecule has 0 aliphatic carbocycles. The predicted molar refractivity (Wildman–Crippen MR) is 291 cm³/mol. The molecule has 4 aromatic rings. The summed E-state index contributed by atoms with van der Waals surface area (Å²) in [7, 11) is 1.41. The van der Waals surface area contributed by atoms with Gasteiger partial charge in [-0.15, -0.1) is 6.42 Å². The molecule has 5 aliphatic heterocycles. The van der Waals surface area contributed by atoms with Gasteiger partial charge in [0.15, 0.2) is 5.82 Å². The summed E-state index contributed by atoms with van der Waals surface area (Å²) in [5.74, 6) is 2.37. The Morgan fingerprint density at radius 3 is 2.34 bits per heavy atom. The number of halogens is 2. The molecule has 9 rings (SSSR count). The second-order valence-corrected chi connectivity index (χ2v) is 21.1. The predicted octanol–water partition coefficient (Wildman–Crippen LogP) is 11.8. The summed E-state index contributed by atoms with van der Waals surface area (Å²) in [6, 6.07) is 9.78. The zero-order valence-corrected chi connectivity index (χ0v) is 45.3. The molecule has 400 valence electrons.